The average Bonchev–Trinajstić information content (AvgIpc) is 2.93. The molecular weight excluding hydrogens is 236 g/mol. The monoisotopic (exact) mass is 254 g/mol. The lowest BCUT2D eigenvalue weighted by atomic mass is 9.94. The number of aryl methyl sites for hydroxylation is 1. The summed E-state index contributed by atoms with van der Waals surface area (Å²) in [6.07, 6.45) is 2.25. The quantitative estimate of drug-likeness (QED) is 0.816. The van der Waals surface area contributed by atoms with Crippen LogP contribution in [-0.2, 0) is 6.42 Å². The van der Waals surface area contributed by atoms with E-state index < -0.39 is 0 Å². The first kappa shape index (κ1) is 12.1. The Hall–Kier alpha value is -1.96. The van der Waals surface area contributed by atoms with Gasteiger partial charge in [-0.15, -0.1) is 0 Å². The molecule has 0 spiro atoms. The molecule has 2 nitrogen and oxygen atoms in total. The van der Waals surface area contributed by atoms with E-state index in [9.17, 15) is 0 Å². The van der Waals surface area contributed by atoms with Crippen molar-refractivity contribution in [2.75, 3.05) is 6.79 Å². The first-order valence-electron chi connectivity index (χ1n) is 6.76. The van der Waals surface area contributed by atoms with Crippen molar-refractivity contribution in [3.05, 3.63) is 59.7 Å². The molecule has 1 heterocycles. The van der Waals surface area contributed by atoms with E-state index in [2.05, 4.69) is 49.4 Å². The number of rotatable bonds is 4. The van der Waals surface area contributed by atoms with Crippen molar-refractivity contribution in [1.29, 1.82) is 0 Å². The van der Waals surface area contributed by atoms with E-state index >= 15 is 0 Å². The first-order valence-corrected chi connectivity index (χ1v) is 6.76. The second-order valence-corrected chi connectivity index (χ2v) is 5.04. The highest BCUT2D eigenvalue weighted by Gasteiger charge is 2.15. The van der Waals surface area contributed by atoms with Crippen molar-refractivity contribution >= 4 is 0 Å². The molecule has 0 amide bonds. The van der Waals surface area contributed by atoms with Crippen molar-refractivity contribution in [3.8, 4) is 11.5 Å². The van der Waals surface area contributed by atoms with Crippen molar-refractivity contribution in [2.45, 2.75) is 25.7 Å². The summed E-state index contributed by atoms with van der Waals surface area (Å²) in [6, 6.07) is 16.9. The minimum Gasteiger partial charge on any atom is -0.454 e. The van der Waals surface area contributed by atoms with Crippen LogP contribution in [0.4, 0.5) is 0 Å². The molecule has 3 rings (SSSR count). The van der Waals surface area contributed by atoms with Crippen LogP contribution in [0.25, 0.3) is 0 Å². The molecule has 98 valence electrons. The number of hydrogen-bond acceptors (Lipinski definition) is 2. The van der Waals surface area contributed by atoms with Crippen molar-refractivity contribution in [3.63, 3.8) is 0 Å². The van der Waals surface area contributed by atoms with Gasteiger partial charge in [0.1, 0.15) is 0 Å². The molecule has 0 saturated carbocycles. The lowest BCUT2D eigenvalue weighted by molar-refractivity contribution is 0.174. The largest absolute Gasteiger partial charge is 0.454 e. The molecule has 19 heavy (non-hydrogen) atoms. The van der Waals surface area contributed by atoms with Crippen molar-refractivity contribution in [2.24, 2.45) is 0 Å². The van der Waals surface area contributed by atoms with Crippen LogP contribution < -0.4 is 9.47 Å². The van der Waals surface area contributed by atoms with E-state index in [1.165, 1.54) is 11.1 Å². The maximum absolute atomic E-state index is 5.43. The van der Waals surface area contributed by atoms with Gasteiger partial charge in [-0.25, -0.2) is 0 Å². The molecule has 0 radical (unpaired) electrons. The molecule has 0 N–H and O–H groups in total. The van der Waals surface area contributed by atoms with Gasteiger partial charge in [-0.05, 0) is 42.0 Å². The zero-order valence-electron chi connectivity index (χ0n) is 11.1. The molecular formula is C17H18O2. The highest BCUT2D eigenvalue weighted by atomic mass is 16.7. The number of fused-ring (bicyclic) bond motifs is 1. The number of benzene rings is 2. The number of ether oxygens (including phenoxy) is 2. The Morgan fingerprint density at radius 2 is 1.79 bits per heavy atom. The third-order valence-corrected chi connectivity index (χ3v) is 3.67. The second kappa shape index (κ2) is 5.35. The lowest BCUT2D eigenvalue weighted by Crippen LogP contribution is -1.96. The maximum Gasteiger partial charge on any atom is 0.231 e. The zero-order chi connectivity index (χ0) is 13.1. The van der Waals surface area contributed by atoms with Gasteiger partial charge in [-0.2, -0.15) is 0 Å². The molecule has 2 aromatic rings. The summed E-state index contributed by atoms with van der Waals surface area (Å²) in [6.45, 7) is 2.61. The summed E-state index contributed by atoms with van der Waals surface area (Å²) in [5.74, 6) is 2.26. The van der Waals surface area contributed by atoms with E-state index in [0.717, 1.165) is 24.3 Å². The van der Waals surface area contributed by atoms with Gasteiger partial charge in [0.05, 0.1) is 0 Å². The molecule has 0 bridgehead atoms. The van der Waals surface area contributed by atoms with Gasteiger partial charge in [0, 0.05) is 0 Å². The Bertz CT molecular complexity index is 548. The topological polar surface area (TPSA) is 18.5 Å². The van der Waals surface area contributed by atoms with Crippen LogP contribution in [0.3, 0.4) is 0 Å². The molecule has 1 aliphatic heterocycles. The van der Waals surface area contributed by atoms with E-state index in [4.69, 9.17) is 9.47 Å². The van der Waals surface area contributed by atoms with Crippen LogP contribution in [0.2, 0.25) is 0 Å². The fraction of sp³-hybridized carbons (Fsp3) is 0.294. The van der Waals surface area contributed by atoms with Gasteiger partial charge in [0.15, 0.2) is 11.5 Å². The molecule has 2 heteroatoms. The fourth-order valence-electron chi connectivity index (χ4n) is 2.41. The van der Waals surface area contributed by atoms with E-state index in [-0.39, 0.29) is 0 Å². The van der Waals surface area contributed by atoms with Gasteiger partial charge in [0.25, 0.3) is 0 Å². The normalized spacial score (nSPS) is 14.4. The van der Waals surface area contributed by atoms with E-state index in [0.29, 0.717) is 12.7 Å². The molecule has 0 saturated heterocycles. The van der Waals surface area contributed by atoms with E-state index in [1.807, 2.05) is 6.07 Å². The highest BCUT2D eigenvalue weighted by Crippen LogP contribution is 2.35. The van der Waals surface area contributed by atoms with Crippen LogP contribution in [0.1, 0.15) is 30.4 Å². The fourth-order valence-corrected chi connectivity index (χ4v) is 2.41. The summed E-state index contributed by atoms with van der Waals surface area (Å²) >= 11 is 0. The predicted molar refractivity (Wildman–Crippen MR) is 75.7 cm³/mol. The zero-order valence-corrected chi connectivity index (χ0v) is 11.1. The van der Waals surface area contributed by atoms with Gasteiger partial charge in [-0.3, -0.25) is 0 Å². The highest BCUT2D eigenvalue weighted by molar-refractivity contribution is 5.45. The summed E-state index contributed by atoms with van der Waals surface area (Å²) in [5.41, 5.74) is 2.72. The summed E-state index contributed by atoms with van der Waals surface area (Å²) in [5, 5.41) is 0. The molecule has 1 atom stereocenters. The lowest BCUT2D eigenvalue weighted by Gasteiger charge is -2.12. The van der Waals surface area contributed by atoms with Crippen molar-refractivity contribution in [1.82, 2.24) is 0 Å². The Kier molecular flexibility index (Phi) is 3.41. The van der Waals surface area contributed by atoms with Gasteiger partial charge in [-0.1, -0.05) is 43.3 Å². The molecule has 2 aromatic carbocycles. The Morgan fingerprint density at radius 1 is 1.00 bits per heavy atom. The predicted octanol–water partition coefficient (Wildman–Crippen LogP) is 4.15. The van der Waals surface area contributed by atoms with E-state index in [1.54, 1.807) is 0 Å². The minimum absolute atomic E-state index is 0.344. The SMILES string of the molecule is CC(CCc1ccccc1)c1ccc2c(c1)OCO2. The Morgan fingerprint density at radius 3 is 2.63 bits per heavy atom. The van der Waals surface area contributed by atoms with Crippen LogP contribution in [0, 0.1) is 0 Å². The molecule has 0 fully saturated rings. The summed E-state index contributed by atoms with van der Waals surface area (Å²) in [7, 11) is 0. The van der Waals surface area contributed by atoms with Crippen LogP contribution in [0.15, 0.2) is 48.5 Å². The Balaban J connectivity index is 1.65. The van der Waals surface area contributed by atoms with Crippen molar-refractivity contribution < 1.29 is 9.47 Å². The summed E-state index contributed by atoms with van der Waals surface area (Å²) < 4.78 is 10.8. The maximum atomic E-state index is 5.43. The summed E-state index contributed by atoms with van der Waals surface area (Å²) in [4.78, 5) is 0. The first-order chi connectivity index (χ1) is 9.33. The molecule has 0 aromatic heterocycles. The number of hydrogen-bond donors (Lipinski definition) is 0. The van der Waals surface area contributed by atoms with Crippen LogP contribution >= 0.6 is 0 Å². The van der Waals surface area contributed by atoms with Crippen LogP contribution in [0.5, 0.6) is 11.5 Å². The molecule has 1 unspecified atom stereocenters. The smallest absolute Gasteiger partial charge is 0.231 e. The standard InChI is InChI=1S/C17H18O2/c1-13(7-8-14-5-3-2-4-6-14)15-9-10-16-17(11-15)19-12-18-16/h2-6,9-11,13H,7-8,12H2,1H3. The average molecular weight is 254 g/mol. The van der Waals surface area contributed by atoms with Gasteiger partial charge >= 0.3 is 0 Å². The van der Waals surface area contributed by atoms with Crippen LogP contribution in [-0.4, -0.2) is 6.79 Å². The Labute approximate surface area is 114 Å². The molecule has 1 aliphatic rings. The second-order valence-electron chi connectivity index (χ2n) is 5.04. The van der Waals surface area contributed by atoms with Gasteiger partial charge in [0.2, 0.25) is 6.79 Å². The molecule has 0 aliphatic carbocycles. The minimum atomic E-state index is 0.344. The third kappa shape index (κ3) is 2.73. The third-order valence-electron chi connectivity index (χ3n) is 3.67. The van der Waals surface area contributed by atoms with Gasteiger partial charge < -0.3 is 9.47 Å².